The Labute approximate surface area is 88.0 Å². The molecule has 0 fully saturated rings. The quantitative estimate of drug-likeness (QED) is 0.719. The maximum Gasteiger partial charge on any atom is 0.248 e. The predicted octanol–water partition coefficient (Wildman–Crippen LogP) is 0.914. The molecule has 0 aliphatic rings. The van der Waals surface area contributed by atoms with Crippen molar-refractivity contribution >= 4 is 12.0 Å². The first kappa shape index (κ1) is 11.2. The molecule has 0 unspecified atom stereocenters. The molecule has 0 saturated heterocycles. The van der Waals surface area contributed by atoms with Crippen molar-refractivity contribution in [2.24, 2.45) is 0 Å². The van der Waals surface area contributed by atoms with E-state index >= 15 is 0 Å². The van der Waals surface area contributed by atoms with Gasteiger partial charge < -0.3 is 10.3 Å². The number of pyridine rings is 1. The summed E-state index contributed by atoms with van der Waals surface area (Å²) in [5.41, 5.74) is 0.751. The van der Waals surface area contributed by atoms with Crippen molar-refractivity contribution in [3.63, 3.8) is 0 Å². The molecular formula is C11H14N2O2. The van der Waals surface area contributed by atoms with E-state index in [1.165, 1.54) is 13.0 Å². The third kappa shape index (κ3) is 4.81. The first-order valence-electron chi connectivity index (χ1n) is 4.78. The first-order valence-corrected chi connectivity index (χ1v) is 4.78. The van der Waals surface area contributed by atoms with Crippen molar-refractivity contribution in [1.29, 1.82) is 0 Å². The molecule has 4 heteroatoms. The molecule has 1 heterocycles. The van der Waals surface area contributed by atoms with Crippen LogP contribution in [0.3, 0.4) is 0 Å². The summed E-state index contributed by atoms with van der Waals surface area (Å²) in [6, 6.07) is 3.34. The molecule has 15 heavy (non-hydrogen) atoms. The summed E-state index contributed by atoms with van der Waals surface area (Å²) >= 11 is 0. The van der Waals surface area contributed by atoms with Crippen LogP contribution in [0.25, 0.3) is 6.08 Å². The van der Waals surface area contributed by atoms with E-state index < -0.39 is 0 Å². The van der Waals surface area contributed by atoms with Gasteiger partial charge in [-0.25, -0.2) is 0 Å². The smallest absolute Gasteiger partial charge is 0.248 e. The summed E-state index contributed by atoms with van der Waals surface area (Å²) in [7, 11) is 0. The Morgan fingerprint density at radius 2 is 2.40 bits per heavy atom. The van der Waals surface area contributed by atoms with E-state index in [2.05, 4.69) is 10.3 Å². The summed E-state index contributed by atoms with van der Waals surface area (Å²) in [4.78, 5) is 24.0. The molecule has 0 aromatic carbocycles. The number of nitrogens with one attached hydrogen (secondary N) is 2. The van der Waals surface area contributed by atoms with Gasteiger partial charge in [0.2, 0.25) is 11.5 Å². The molecule has 0 atom stereocenters. The summed E-state index contributed by atoms with van der Waals surface area (Å²) in [6.07, 6.45) is 6.14. The topological polar surface area (TPSA) is 62.0 Å². The zero-order valence-electron chi connectivity index (χ0n) is 8.62. The van der Waals surface area contributed by atoms with Crippen LogP contribution in [-0.4, -0.2) is 17.4 Å². The van der Waals surface area contributed by atoms with Crippen molar-refractivity contribution < 1.29 is 4.79 Å². The van der Waals surface area contributed by atoms with Gasteiger partial charge in [-0.3, -0.25) is 9.59 Å². The van der Waals surface area contributed by atoms with E-state index in [1.54, 1.807) is 6.20 Å². The van der Waals surface area contributed by atoms with Crippen LogP contribution in [0.5, 0.6) is 0 Å². The molecule has 1 aromatic heterocycles. The minimum Gasteiger partial charge on any atom is -0.356 e. The molecule has 1 amide bonds. The van der Waals surface area contributed by atoms with E-state index in [-0.39, 0.29) is 11.5 Å². The number of aromatic amines is 1. The minimum absolute atomic E-state index is 0.0282. The molecule has 0 bridgehead atoms. The lowest BCUT2D eigenvalue weighted by Gasteiger charge is -1.96. The van der Waals surface area contributed by atoms with Gasteiger partial charge in [0, 0.05) is 25.7 Å². The van der Waals surface area contributed by atoms with Gasteiger partial charge in [0.15, 0.2) is 0 Å². The lowest BCUT2D eigenvalue weighted by Crippen LogP contribution is -2.20. The van der Waals surface area contributed by atoms with Crippen molar-refractivity contribution in [2.75, 3.05) is 6.54 Å². The number of carbonyl (C=O) groups excluding carboxylic acids is 1. The van der Waals surface area contributed by atoms with Crippen LogP contribution in [0, 0.1) is 0 Å². The largest absolute Gasteiger partial charge is 0.356 e. The average molecular weight is 206 g/mol. The van der Waals surface area contributed by atoms with Crippen molar-refractivity contribution in [3.8, 4) is 0 Å². The van der Waals surface area contributed by atoms with Crippen LogP contribution < -0.4 is 10.9 Å². The Kier molecular flexibility index (Phi) is 4.34. The van der Waals surface area contributed by atoms with Crippen molar-refractivity contribution in [2.45, 2.75) is 13.3 Å². The number of H-pyrrole nitrogens is 1. The Morgan fingerprint density at radius 3 is 3.07 bits per heavy atom. The molecule has 0 aliphatic heterocycles. The Morgan fingerprint density at radius 1 is 1.60 bits per heavy atom. The fourth-order valence-corrected chi connectivity index (χ4v) is 1.12. The first-order chi connectivity index (χ1) is 7.18. The number of rotatable bonds is 4. The maximum atomic E-state index is 10.9. The standard InChI is InChI=1S/C11H14N2O2/c1-9(14)12-6-3-2-4-10-5-7-13-11(15)8-10/h2,4-5,7-8H,3,6H2,1H3,(H,12,14)(H,13,15). The second-order valence-electron chi connectivity index (χ2n) is 3.16. The van der Waals surface area contributed by atoms with Crippen LogP contribution in [0.2, 0.25) is 0 Å². The van der Waals surface area contributed by atoms with Crippen LogP contribution in [0.4, 0.5) is 0 Å². The van der Waals surface area contributed by atoms with Crippen molar-refractivity contribution in [1.82, 2.24) is 10.3 Å². The number of amides is 1. The number of carbonyl (C=O) groups is 1. The highest BCUT2D eigenvalue weighted by Gasteiger charge is 1.88. The summed E-state index contributed by atoms with van der Waals surface area (Å²) < 4.78 is 0. The van der Waals surface area contributed by atoms with Gasteiger partial charge in [0.05, 0.1) is 0 Å². The molecule has 2 N–H and O–H groups in total. The molecule has 0 aliphatic carbocycles. The molecule has 0 spiro atoms. The molecule has 0 radical (unpaired) electrons. The van der Waals surface area contributed by atoms with Crippen LogP contribution >= 0.6 is 0 Å². The Balaban J connectivity index is 2.38. The zero-order valence-corrected chi connectivity index (χ0v) is 8.62. The van der Waals surface area contributed by atoms with Gasteiger partial charge in [-0.15, -0.1) is 0 Å². The maximum absolute atomic E-state index is 10.9. The van der Waals surface area contributed by atoms with Crippen LogP contribution in [-0.2, 0) is 4.79 Å². The predicted molar refractivity (Wildman–Crippen MR) is 59.4 cm³/mol. The van der Waals surface area contributed by atoms with E-state index in [1.807, 2.05) is 18.2 Å². The molecule has 4 nitrogen and oxygen atoms in total. The van der Waals surface area contributed by atoms with E-state index in [4.69, 9.17) is 0 Å². The van der Waals surface area contributed by atoms with E-state index in [0.29, 0.717) is 6.54 Å². The minimum atomic E-state index is -0.112. The summed E-state index contributed by atoms with van der Waals surface area (Å²) in [5, 5.41) is 2.69. The molecule has 1 rings (SSSR count). The lowest BCUT2D eigenvalue weighted by molar-refractivity contribution is -0.118. The van der Waals surface area contributed by atoms with E-state index in [9.17, 15) is 9.59 Å². The fourth-order valence-electron chi connectivity index (χ4n) is 1.12. The molecule has 80 valence electrons. The SMILES string of the molecule is CC(=O)NCCC=Cc1cc[nH]c(=O)c1. The average Bonchev–Trinajstić information content (AvgIpc) is 2.17. The van der Waals surface area contributed by atoms with Gasteiger partial charge in [-0.05, 0) is 18.1 Å². The number of aromatic nitrogens is 1. The highest BCUT2D eigenvalue weighted by atomic mass is 16.1. The van der Waals surface area contributed by atoms with Gasteiger partial charge in [-0.1, -0.05) is 12.2 Å². The third-order valence-corrected chi connectivity index (χ3v) is 1.79. The van der Waals surface area contributed by atoms with Gasteiger partial charge in [0.1, 0.15) is 0 Å². The second-order valence-corrected chi connectivity index (χ2v) is 3.16. The summed E-state index contributed by atoms with van der Waals surface area (Å²) in [6.45, 7) is 2.11. The molecule has 0 saturated carbocycles. The number of hydrogen-bond donors (Lipinski definition) is 2. The van der Waals surface area contributed by atoms with E-state index in [0.717, 1.165) is 12.0 Å². The van der Waals surface area contributed by atoms with Gasteiger partial charge >= 0.3 is 0 Å². The zero-order chi connectivity index (χ0) is 11.1. The summed E-state index contributed by atoms with van der Waals surface area (Å²) in [5.74, 6) is -0.0282. The van der Waals surface area contributed by atoms with Crippen molar-refractivity contribution in [3.05, 3.63) is 40.3 Å². The Hall–Kier alpha value is -1.84. The second kappa shape index (κ2) is 5.80. The monoisotopic (exact) mass is 206 g/mol. The lowest BCUT2D eigenvalue weighted by atomic mass is 10.2. The fraction of sp³-hybridized carbons (Fsp3) is 0.273. The van der Waals surface area contributed by atoms with Gasteiger partial charge in [-0.2, -0.15) is 0 Å². The highest BCUT2D eigenvalue weighted by molar-refractivity contribution is 5.72. The third-order valence-electron chi connectivity index (χ3n) is 1.79. The van der Waals surface area contributed by atoms with Crippen LogP contribution in [0.1, 0.15) is 18.9 Å². The molecular weight excluding hydrogens is 192 g/mol. The Bertz CT molecular complexity index is 407. The van der Waals surface area contributed by atoms with Gasteiger partial charge in [0.25, 0.3) is 0 Å². The van der Waals surface area contributed by atoms with Crippen LogP contribution in [0.15, 0.2) is 29.2 Å². The number of hydrogen-bond acceptors (Lipinski definition) is 2. The highest BCUT2D eigenvalue weighted by Crippen LogP contribution is 1.97. The normalized spacial score (nSPS) is 10.5. The molecule has 1 aromatic rings.